The lowest BCUT2D eigenvalue weighted by Gasteiger charge is -2.41. The number of morpholine rings is 1. The number of β-amino-alcohol motifs (C(OH)–C–C–N with tert-alkyl or cyclic N) is 1. The smallest absolute Gasteiger partial charge is 0.114 e. The Balaban J connectivity index is 2.10. The molecule has 2 rings (SSSR count). The van der Waals surface area contributed by atoms with Crippen LogP contribution in [0.5, 0.6) is 0 Å². The molecule has 1 aliphatic heterocycles. The number of nitrogens with two attached hydrogens (primary N) is 1. The first-order chi connectivity index (χ1) is 8.95. The van der Waals surface area contributed by atoms with Crippen LogP contribution >= 0.6 is 0 Å². The molecule has 1 unspecified atom stereocenters. The van der Waals surface area contributed by atoms with Crippen LogP contribution in [0.3, 0.4) is 0 Å². The maximum absolute atomic E-state index is 10.8. The molecule has 1 aliphatic rings. The van der Waals surface area contributed by atoms with Gasteiger partial charge in [0, 0.05) is 26.2 Å². The number of aliphatic hydroxyl groups is 1. The van der Waals surface area contributed by atoms with E-state index in [2.05, 4.69) is 18.7 Å². The third-order valence-electron chi connectivity index (χ3n) is 3.64. The highest BCUT2D eigenvalue weighted by Crippen LogP contribution is 2.24. The average Bonchev–Trinajstić information content (AvgIpc) is 2.38. The largest absolute Gasteiger partial charge is 0.382 e. The molecule has 4 heteroatoms. The second kappa shape index (κ2) is 5.59. The van der Waals surface area contributed by atoms with Crippen molar-refractivity contribution in [2.24, 2.45) is 5.73 Å². The molecule has 0 spiro atoms. The number of ether oxygens (including phenoxy) is 1. The zero-order chi connectivity index (χ0) is 13.9. The molecule has 3 N–H and O–H groups in total. The van der Waals surface area contributed by atoms with E-state index in [1.807, 2.05) is 30.3 Å². The van der Waals surface area contributed by atoms with Gasteiger partial charge < -0.3 is 15.6 Å². The maximum atomic E-state index is 10.8. The van der Waals surface area contributed by atoms with Crippen LogP contribution in [0.15, 0.2) is 30.3 Å². The van der Waals surface area contributed by atoms with Crippen LogP contribution in [-0.2, 0) is 10.3 Å². The van der Waals surface area contributed by atoms with Crippen LogP contribution in [0, 0.1) is 0 Å². The Morgan fingerprint density at radius 2 is 2.05 bits per heavy atom. The molecule has 0 aromatic heterocycles. The molecule has 1 saturated heterocycles. The Labute approximate surface area is 115 Å². The van der Waals surface area contributed by atoms with Crippen LogP contribution in [-0.4, -0.2) is 48.4 Å². The molecule has 0 amide bonds. The van der Waals surface area contributed by atoms with Crippen LogP contribution in [0.2, 0.25) is 0 Å². The minimum atomic E-state index is -0.991. The van der Waals surface area contributed by atoms with Gasteiger partial charge >= 0.3 is 0 Å². The molecular formula is C15H24N2O2. The molecule has 19 heavy (non-hydrogen) atoms. The van der Waals surface area contributed by atoms with Gasteiger partial charge in [0.05, 0.1) is 12.2 Å². The first-order valence-electron chi connectivity index (χ1n) is 6.79. The minimum Gasteiger partial charge on any atom is -0.382 e. The highest BCUT2D eigenvalue weighted by molar-refractivity contribution is 5.23. The third-order valence-corrected chi connectivity index (χ3v) is 3.64. The van der Waals surface area contributed by atoms with Crippen molar-refractivity contribution in [1.82, 2.24) is 4.90 Å². The number of hydrogen-bond acceptors (Lipinski definition) is 4. The fraction of sp³-hybridized carbons (Fsp3) is 0.600. The summed E-state index contributed by atoms with van der Waals surface area (Å²) in [5.41, 5.74) is 5.54. The zero-order valence-corrected chi connectivity index (χ0v) is 11.8. The van der Waals surface area contributed by atoms with Gasteiger partial charge in [-0.2, -0.15) is 0 Å². The molecule has 0 aliphatic carbocycles. The van der Waals surface area contributed by atoms with Gasteiger partial charge in [-0.1, -0.05) is 30.3 Å². The second-order valence-electron chi connectivity index (χ2n) is 5.92. The van der Waals surface area contributed by atoms with Crippen molar-refractivity contribution < 1.29 is 9.84 Å². The summed E-state index contributed by atoms with van der Waals surface area (Å²) in [7, 11) is 0. The van der Waals surface area contributed by atoms with Gasteiger partial charge in [0.15, 0.2) is 0 Å². The van der Waals surface area contributed by atoms with E-state index in [9.17, 15) is 5.11 Å². The lowest BCUT2D eigenvalue weighted by molar-refractivity contribution is -0.106. The number of hydrogen-bond donors (Lipinski definition) is 2. The molecule has 4 nitrogen and oxygen atoms in total. The molecule has 1 aromatic rings. The maximum Gasteiger partial charge on any atom is 0.114 e. The van der Waals surface area contributed by atoms with Gasteiger partial charge in [0.2, 0.25) is 0 Å². The van der Waals surface area contributed by atoms with Gasteiger partial charge in [-0.05, 0) is 19.4 Å². The predicted octanol–water partition coefficient (Wildman–Crippen LogP) is 0.944. The molecule has 1 aromatic carbocycles. The van der Waals surface area contributed by atoms with Crippen LogP contribution in [0.4, 0.5) is 0 Å². The Hall–Kier alpha value is -0.940. The zero-order valence-electron chi connectivity index (χ0n) is 11.8. The van der Waals surface area contributed by atoms with Crippen molar-refractivity contribution in [2.45, 2.75) is 25.0 Å². The molecule has 1 fully saturated rings. The summed E-state index contributed by atoms with van der Waals surface area (Å²) in [6.45, 7) is 7.24. The van der Waals surface area contributed by atoms with E-state index in [0.29, 0.717) is 13.2 Å². The summed E-state index contributed by atoms with van der Waals surface area (Å²) >= 11 is 0. The van der Waals surface area contributed by atoms with E-state index < -0.39 is 5.60 Å². The predicted molar refractivity (Wildman–Crippen MR) is 75.9 cm³/mol. The Morgan fingerprint density at radius 1 is 1.37 bits per heavy atom. The molecule has 0 radical (unpaired) electrons. The van der Waals surface area contributed by atoms with Gasteiger partial charge in [0.1, 0.15) is 5.60 Å². The standard InChI is InChI=1S/C15H24N2O2/c1-14(2)11-17(8-9-19-14)12-15(18,10-16)13-6-4-3-5-7-13/h3-7,18H,8-12,16H2,1-2H3. The van der Waals surface area contributed by atoms with Crippen molar-refractivity contribution in [2.75, 3.05) is 32.8 Å². The summed E-state index contributed by atoms with van der Waals surface area (Å²) in [5, 5.41) is 10.8. The van der Waals surface area contributed by atoms with Gasteiger partial charge in [-0.25, -0.2) is 0 Å². The van der Waals surface area contributed by atoms with E-state index in [1.165, 1.54) is 0 Å². The van der Waals surface area contributed by atoms with E-state index >= 15 is 0 Å². The van der Waals surface area contributed by atoms with Crippen molar-refractivity contribution in [3.63, 3.8) is 0 Å². The first-order valence-corrected chi connectivity index (χ1v) is 6.79. The van der Waals surface area contributed by atoms with Crippen molar-refractivity contribution in [1.29, 1.82) is 0 Å². The van der Waals surface area contributed by atoms with Crippen molar-refractivity contribution >= 4 is 0 Å². The fourth-order valence-electron chi connectivity index (χ4n) is 2.64. The van der Waals surface area contributed by atoms with Crippen LogP contribution in [0.25, 0.3) is 0 Å². The molecule has 106 valence electrons. The number of benzene rings is 1. The summed E-state index contributed by atoms with van der Waals surface area (Å²) in [6, 6.07) is 9.66. The normalized spacial score (nSPS) is 22.9. The van der Waals surface area contributed by atoms with Crippen LogP contribution in [0.1, 0.15) is 19.4 Å². The Morgan fingerprint density at radius 3 is 2.63 bits per heavy atom. The van der Waals surface area contributed by atoms with Gasteiger partial charge in [-0.3, -0.25) is 4.90 Å². The Kier molecular flexibility index (Phi) is 4.26. The van der Waals surface area contributed by atoms with Gasteiger partial charge in [-0.15, -0.1) is 0 Å². The monoisotopic (exact) mass is 264 g/mol. The summed E-state index contributed by atoms with van der Waals surface area (Å²) in [4.78, 5) is 2.23. The minimum absolute atomic E-state index is 0.162. The molecule has 1 atom stereocenters. The van der Waals surface area contributed by atoms with Crippen molar-refractivity contribution in [3.8, 4) is 0 Å². The topological polar surface area (TPSA) is 58.7 Å². The quantitative estimate of drug-likeness (QED) is 0.850. The number of rotatable bonds is 4. The fourth-order valence-corrected chi connectivity index (χ4v) is 2.64. The Bertz CT molecular complexity index is 408. The van der Waals surface area contributed by atoms with E-state index in [-0.39, 0.29) is 12.1 Å². The van der Waals surface area contributed by atoms with E-state index in [1.54, 1.807) is 0 Å². The van der Waals surface area contributed by atoms with Crippen molar-refractivity contribution in [3.05, 3.63) is 35.9 Å². The lowest BCUT2D eigenvalue weighted by Crippen LogP contribution is -2.54. The summed E-state index contributed by atoms with van der Waals surface area (Å²) in [5.74, 6) is 0. The molecule has 0 saturated carbocycles. The average molecular weight is 264 g/mol. The van der Waals surface area contributed by atoms with E-state index in [0.717, 1.165) is 18.7 Å². The SMILES string of the molecule is CC1(C)CN(CC(O)(CN)c2ccccc2)CCO1. The van der Waals surface area contributed by atoms with E-state index in [4.69, 9.17) is 10.5 Å². The summed E-state index contributed by atoms with van der Waals surface area (Å²) in [6.07, 6.45) is 0. The summed E-state index contributed by atoms with van der Waals surface area (Å²) < 4.78 is 5.69. The number of nitrogens with zero attached hydrogens (tertiary/aromatic N) is 1. The van der Waals surface area contributed by atoms with Crippen LogP contribution < -0.4 is 5.73 Å². The first kappa shape index (κ1) is 14.5. The lowest BCUT2D eigenvalue weighted by atomic mass is 9.92. The third kappa shape index (κ3) is 3.54. The molecule has 0 bridgehead atoms. The highest BCUT2D eigenvalue weighted by atomic mass is 16.5. The second-order valence-corrected chi connectivity index (χ2v) is 5.92. The molecular weight excluding hydrogens is 240 g/mol. The highest BCUT2D eigenvalue weighted by Gasteiger charge is 2.34. The molecule has 1 heterocycles. The van der Waals surface area contributed by atoms with Gasteiger partial charge in [0.25, 0.3) is 0 Å².